The smallest absolute Gasteiger partial charge is 0.252 e. The second-order valence-corrected chi connectivity index (χ2v) is 5.99. The lowest BCUT2D eigenvalue weighted by atomic mass is 9.93. The SMILES string of the molecule is CC(C)(C)C1=CC(NC(=O)c2ccc(F)c(Cl)c2)NO1. The number of rotatable bonds is 2. The van der Waals surface area contributed by atoms with Gasteiger partial charge in [-0.2, -0.15) is 0 Å². The van der Waals surface area contributed by atoms with E-state index in [1.807, 2.05) is 20.8 Å². The highest BCUT2D eigenvalue weighted by Crippen LogP contribution is 2.28. The minimum absolute atomic E-state index is 0.0841. The molecule has 20 heavy (non-hydrogen) atoms. The standard InChI is InChI=1S/C14H16ClFN2O2/c1-14(2,3)11-7-12(18-20-11)17-13(19)8-4-5-10(16)9(15)6-8/h4-7,12,18H,1-3H3,(H,17,19). The second-order valence-electron chi connectivity index (χ2n) is 5.58. The molecule has 0 aliphatic carbocycles. The summed E-state index contributed by atoms with van der Waals surface area (Å²) in [6.07, 6.45) is 1.36. The fourth-order valence-corrected chi connectivity index (χ4v) is 1.86. The summed E-state index contributed by atoms with van der Waals surface area (Å²) in [7, 11) is 0. The van der Waals surface area contributed by atoms with Gasteiger partial charge in [-0.3, -0.25) is 4.79 Å². The second kappa shape index (κ2) is 5.42. The lowest BCUT2D eigenvalue weighted by Gasteiger charge is -2.17. The first kappa shape index (κ1) is 14.8. The average Bonchev–Trinajstić information content (AvgIpc) is 2.81. The van der Waals surface area contributed by atoms with Gasteiger partial charge >= 0.3 is 0 Å². The maximum Gasteiger partial charge on any atom is 0.252 e. The molecule has 2 rings (SSSR count). The zero-order chi connectivity index (χ0) is 14.9. The van der Waals surface area contributed by atoms with Crippen molar-refractivity contribution in [2.75, 3.05) is 0 Å². The summed E-state index contributed by atoms with van der Waals surface area (Å²) in [4.78, 5) is 17.3. The summed E-state index contributed by atoms with van der Waals surface area (Å²) < 4.78 is 13.0. The predicted molar refractivity (Wildman–Crippen MR) is 74.4 cm³/mol. The van der Waals surface area contributed by atoms with Gasteiger partial charge in [0.25, 0.3) is 5.91 Å². The van der Waals surface area contributed by atoms with Crippen molar-refractivity contribution in [3.63, 3.8) is 0 Å². The van der Waals surface area contributed by atoms with E-state index < -0.39 is 12.0 Å². The molecule has 0 aromatic heterocycles. The van der Waals surface area contributed by atoms with E-state index in [0.29, 0.717) is 0 Å². The van der Waals surface area contributed by atoms with Crippen LogP contribution >= 0.6 is 11.6 Å². The molecular weight excluding hydrogens is 283 g/mol. The van der Waals surface area contributed by atoms with E-state index in [9.17, 15) is 9.18 Å². The Hall–Kier alpha value is -1.59. The molecule has 1 aromatic rings. The molecular formula is C14H16ClFN2O2. The topological polar surface area (TPSA) is 50.4 Å². The lowest BCUT2D eigenvalue weighted by Crippen LogP contribution is -2.40. The van der Waals surface area contributed by atoms with Crippen LogP contribution in [0.3, 0.4) is 0 Å². The number of hydrogen-bond acceptors (Lipinski definition) is 3. The predicted octanol–water partition coefficient (Wildman–Crippen LogP) is 3.00. The number of hydrogen-bond donors (Lipinski definition) is 2. The molecule has 1 aliphatic rings. The highest BCUT2D eigenvalue weighted by molar-refractivity contribution is 6.31. The molecule has 108 valence electrons. The molecule has 1 unspecified atom stereocenters. The Morgan fingerprint density at radius 3 is 2.70 bits per heavy atom. The average molecular weight is 299 g/mol. The largest absolute Gasteiger partial charge is 0.410 e. The fraction of sp³-hybridized carbons (Fsp3) is 0.357. The Labute approximate surface area is 121 Å². The maximum absolute atomic E-state index is 13.0. The molecule has 0 spiro atoms. The van der Waals surface area contributed by atoms with Crippen LogP contribution in [0.15, 0.2) is 30.0 Å². The van der Waals surface area contributed by atoms with Gasteiger partial charge in [-0.1, -0.05) is 32.4 Å². The van der Waals surface area contributed by atoms with E-state index >= 15 is 0 Å². The summed E-state index contributed by atoms with van der Waals surface area (Å²) >= 11 is 5.65. The fourth-order valence-electron chi connectivity index (χ4n) is 1.68. The van der Waals surface area contributed by atoms with Crippen LogP contribution in [0.2, 0.25) is 5.02 Å². The number of allylic oxidation sites excluding steroid dienone is 1. The molecule has 0 radical (unpaired) electrons. The Morgan fingerprint density at radius 2 is 2.15 bits per heavy atom. The first-order valence-electron chi connectivity index (χ1n) is 6.18. The van der Waals surface area contributed by atoms with Crippen LogP contribution in [0, 0.1) is 11.2 Å². The van der Waals surface area contributed by atoms with Gasteiger partial charge in [-0.05, 0) is 24.3 Å². The molecule has 6 heteroatoms. The van der Waals surface area contributed by atoms with Crippen molar-refractivity contribution in [1.29, 1.82) is 0 Å². The number of carbonyl (C=O) groups excluding carboxylic acids is 1. The van der Waals surface area contributed by atoms with Crippen LogP contribution in [-0.4, -0.2) is 12.1 Å². The summed E-state index contributed by atoms with van der Waals surface area (Å²) in [5.74, 6) is -0.167. The van der Waals surface area contributed by atoms with Gasteiger partial charge in [0, 0.05) is 11.0 Å². The van der Waals surface area contributed by atoms with Crippen LogP contribution < -0.4 is 10.8 Å². The molecule has 1 aromatic carbocycles. The van der Waals surface area contributed by atoms with Crippen LogP contribution in [0.25, 0.3) is 0 Å². The monoisotopic (exact) mass is 298 g/mol. The van der Waals surface area contributed by atoms with E-state index in [4.69, 9.17) is 16.4 Å². The van der Waals surface area contributed by atoms with Gasteiger partial charge in [0.2, 0.25) is 0 Å². The molecule has 1 atom stereocenters. The van der Waals surface area contributed by atoms with E-state index in [0.717, 1.165) is 11.8 Å². The van der Waals surface area contributed by atoms with E-state index in [1.165, 1.54) is 12.1 Å². The number of benzene rings is 1. The highest BCUT2D eigenvalue weighted by atomic mass is 35.5. The van der Waals surface area contributed by atoms with Gasteiger partial charge in [0.15, 0.2) is 0 Å². The molecule has 1 heterocycles. The maximum atomic E-state index is 13.0. The third-order valence-corrected chi connectivity index (χ3v) is 3.11. The Morgan fingerprint density at radius 1 is 1.45 bits per heavy atom. The van der Waals surface area contributed by atoms with Crippen molar-refractivity contribution in [1.82, 2.24) is 10.8 Å². The Balaban J connectivity index is 2.06. The van der Waals surface area contributed by atoms with Crippen LogP contribution in [-0.2, 0) is 4.84 Å². The van der Waals surface area contributed by atoms with Gasteiger partial charge in [0.1, 0.15) is 17.7 Å². The van der Waals surface area contributed by atoms with Crippen molar-refractivity contribution < 1.29 is 14.0 Å². The molecule has 0 fully saturated rings. The van der Waals surface area contributed by atoms with Crippen molar-refractivity contribution >= 4 is 17.5 Å². The van der Waals surface area contributed by atoms with E-state index in [2.05, 4.69) is 10.8 Å². The molecule has 0 bridgehead atoms. The quantitative estimate of drug-likeness (QED) is 0.882. The summed E-state index contributed by atoms with van der Waals surface area (Å²) in [5.41, 5.74) is 2.85. The molecule has 0 saturated carbocycles. The number of halogens is 2. The molecule has 0 saturated heterocycles. The van der Waals surface area contributed by atoms with Gasteiger partial charge < -0.3 is 10.2 Å². The third kappa shape index (κ3) is 3.29. The molecule has 4 nitrogen and oxygen atoms in total. The van der Waals surface area contributed by atoms with Crippen molar-refractivity contribution in [3.05, 3.63) is 46.4 Å². The minimum atomic E-state index is -0.555. The Kier molecular flexibility index (Phi) is 4.01. The molecule has 1 aliphatic heterocycles. The van der Waals surface area contributed by atoms with Crippen molar-refractivity contribution in [3.8, 4) is 0 Å². The van der Waals surface area contributed by atoms with Crippen molar-refractivity contribution in [2.45, 2.75) is 26.9 Å². The number of carbonyl (C=O) groups is 1. The number of amides is 1. The molecule has 2 N–H and O–H groups in total. The first-order valence-corrected chi connectivity index (χ1v) is 6.56. The van der Waals surface area contributed by atoms with Crippen LogP contribution in [0.4, 0.5) is 4.39 Å². The lowest BCUT2D eigenvalue weighted by molar-refractivity contribution is 0.0668. The summed E-state index contributed by atoms with van der Waals surface area (Å²) in [5, 5.41) is 2.63. The van der Waals surface area contributed by atoms with Crippen molar-refractivity contribution in [2.24, 2.45) is 5.41 Å². The Bertz CT molecular complexity index is 567. The normalized spacial score (nSPS) is 18.4. The highest BCUT2D eigenvalue weighted by Gasteiger charge is 2.27. The number of hydroxylamine groups is 1. The van der Waals surface area contributed by atoms with Crippen LogP contribution in [0.5, 0.6) is 0 Å². The first-order chi connectivity index (χ1) is 9.27. The zero-order valence-corrected chi connectivity index (χ0v) is 12.2. The van der Waals surface area contributed by atoms with E-state index in [-0.39, 0.29) is 21.9 Å². The zero-order valence-electron chi connectivity index (χ0n) is 11.5. The van der Waals surface area contributed by atoms with Crippen LogP contribution in [0.1, 0.15) is 31.1 Å². The summed E-state index contributed by atoms with van der Waals surface area (Å²) in [6.45, 7) is 6.01. The minimum Gasteiger partial charge on any atom is -0.410 e. The van der Waals surface area contributed by atoms with Gasteiger partial charge in [-0.15, -0.1) is 5.48 Å². The van der Waals surface area contributed by atoms with E-state index in [1.54, 1.807) is 6.08 Å². The van der Waals surface area contributed by atoms with Gasteiger partial charge in [0.05, 0.1) is 5.02 Å². The molecule has 1 amide bonds. The van der Waals surface area contributed by atoms with Gasteiger partial charge in [-0.25, -0.2) is 4.39 Å². The number of nitrogens with one attached hydrogen (secondary N) is 2. The third-order valence-electron chi connectivity index (χ3n) is 2.82. The summed E-state index contributed by atoms with van der Waals surface area (Å²) in [6, 6.07) is 3.82.